The number of ether oxygens (including phenoxy) is 1. The number of morpholine rings is 1. The van der Waals surface area contributed by atoms with E-state index in [0.29, 0.717) is 12.1 Å². The third-order valence-electron chi connectivity index (χ3n) is 4.40. The van der Waals surface area contributed by atoms with Gasteiger partial charge in [0.15, 0.2) is 0 Å². The lowest BCUT2D eigenvalue weighted by Crippen LogP contribution is -2.49. The van der Waals surface area contributed by atoms with Crippen molar-refractivity contribution >= 4 is 21.6 Å². The zero-order chi connectivity index (χ0) is 13.9. The predicted molar refractivity (Wildman–Crippen MR) is 86.2 cm³/mol. The van der Waals surface area contributed by atoms with Crippen LogP contribution >= 0.6 is 15.9 Å². The van der Waals surface area contributed by atoms with E-state index in [1.165, 1.54) is 30.5 Å². The van der Waals surface area contributed by atoms with E-state index in [1.807, 2.05) is 0 Å². The molecule has 1 aliphatic carbocycles. The van der Waals surface area contributed by atoms with Crippen LogP contribution in [0.1, 0.15) is 31.7 Å². The van der Waals surface area contributed by atoms with Crippen LogP contribution in [0.4, 0.5) is 5.69 Å². The van der Waals surface area contributed by atoms with Crippen LogP contribution in [0.5, 0.6) is 0 Å². The highest BCUT2D eigenvalue weighted by Crippen LogP contribution is 2.35. The fourth-order valence-corrected chi connectivity index (χ4v) is 3.79. The van der Waals surface area contributed by atoms with Crippen LogP contribution in [0.3, 0.4) is 0 Å². The summed E-state index contributed by atoms with van der Waals surface area (Å²) in [7, 11) is 0. The molecule has 1 aromatic rings. The molecule has 0 bridgehead atoms. The molecule has 0 radical (unpaired) electrons. The lowest BCUT2D eigenvalue weighted by atomic mass is 10.1. The summed E-state index contributed by atoms with van der Waals surface area (Å²) in [4.78, 5) is 2.58. The van der Waals surface area contributed by atoms with Crippen molar-refractivity contribution in [1.82, 2.24) is 5.32 Å². The highest BCUT2D eigenvalue weighted by Gasteiger charge is 2.36. The van der Waals surface area contributed by atoms with Gasteiger partial charge in [0, 0.05) is 23.2 Å². The maximum atomic E-state index is 5.94. The Kier molecular flexibility index (Phi) is 4.64. The number of rotatable bonds is 4. The second-order valence-corrected chi connectivity index (χ2v) is 6.57. The zero-order valence-electron chi connectivity index (χ0n) is 12.1. The molecule has 1 saturated carbocycles. The number of hydrogen-bond donors (Lipinski definition) is 1. The van der Waals surface area contributed by atoms with Crippen LogP contribution in [-0.4, -0.2) is 31.8 Å². The summed E-state index contributed by atoms with van der Waals surface area (Å²) in [6, 6.07) is 7.22. The normalized spacial score (nSPS) is 25.8. The van der Waals surface area contributed by atoms with Gasteiger partial charge >= 0.3 is 0 Å². The Hall–Kier alpha value is -0.580. The molecular weight excluding hydrogens is 316 g/mol. The van der Waals surface area contributed by atoms with Crippen molar-refractivity contribution < 1.29 is 4.74 Å². The summed E-state index contributed by atoms with van der Waals surface area (Å²) in [6.45, 7) is 5.96. The molecule has 2 atom stereocenters. The van der Waals surface area contributed by atoms with E-state index in [0.717, 1.165) is 30.7 Å². The fraction of sp³-hybridized carbons (Fsp3) is 0.625. The van der Waals surface area contributed by atoms with Gasteiger partial charge in [-0.3, -0.25) is 0 Å². The smallest absolute Gasteiger partial charge is 0.0779 e. The number of benzene rings is 1. The Labute approximate surface area is 129 Å². The van der Waals surface area contributed by atoms with Crippen molar-refractivity contribution in [3.63, 3.8) is 0 Å². The molecule has 1 aromatic carbocycles. The summed E-state index contributed by atoms with van der Waals surface area (Å²) >= 11 is 3.63. The van der Waals surface area contributed by atoms with E-state index >= 15 is 0 Å². The first-order chi connectivity index (χ1) is 9.79. The number of nitrogens with one attached hydrogen (secondary N) is 1. The van der Waals surface area contributed by atoms with E-state index in [4.69, 9.17) is 4.74 Å². The fourth-order valence-electron chi connectivity index (χ4n) is 3.44. The van der Waals surface area contributed by atoms with Crippen molar-refractivity contribution in [2.24, 2.45) is 0 Å². The molecule has 1 heterocycles. The van der Waals surface area contributed by atoms with E-state index in [1.54, 1.807) is 0 Å². The minimum Gasteiger partial charge on any atom is -0.374 e. The van der Waals surface area contributed by atoms with Crippen molar-refractivity contribution in [3.05, 3.63) is 28.2 Å². The Morgan fingerprint density at radius 3 is 3.15 bits per heavy atom. The van der Waals surface area contributed by atoms with E-state index in [-0.39, 0.29) is 0 Å². The first-order valence-electron chi connectivity index (χ1n) is 7.67. The highest BCUT2D eigenvalue weighted by atomic mass is 79.9. The topological polar surface area (TPSA) is 24.5 Å². The number of hydrogen-bond acceptors (Lipinski definition) is 3. The minimum absolute atomic E-state index is 0.440. The summed E-state index contributed by atoms with van der Waals surface area (Å²) in [6.07, 6.45) is 4.22. The molecule has 1 N–H and O–H groups in total. The lowest BCUT2D eigenvalue weighted by Gasteiger charge is -2.40. The molecule has 4 heteroatoms. The molecule has 1 saturated heterocycles. The van der Waals surface area contributed by atoms with Gasteiger partial charge < -0.3 is 15.0 Å². The van der Waals surface area contributed by atoms with Crippen molar-refractivity contribution in [2.75, 3.05) is 24.6 Å². The van der Waals surface area contributed by atoms with Gasteiger partial charge in [-0.05, 0) is 43.5 Å². The second kappa shape index (κ2) is 6.46. The second-order valence-electron chi connectivity index (χ2n) is 5.65. The van der Waals surface area contributed by atoms with Crippen LogP contribution < -0.4 is 10.2 Å². The van der Waals surface area contributed by atoms with Gasteiger partial charge in [0.1, 0.15) is 0 Å². The highest BCUT2D eigenvalue weighted by molar-refractivity contribution is 9.10. The van der Waals surface area contributed by atoms with Crippen molar-refractivity contribution in [1.29, 1.82) is 0 Å². The maximum Gasteiger partial charge on any atom is 0.0779 e. The Bertz CT molecular complexity index is 466. The van der Waals surface area contributed by atoms with Gasteiger partial charge in [-0.1, -0.05) is 28.9 Å². The van der Waals surface area contributed by atoms with E-state index in [9.17, 15) is 0 Å². The first-order valence-corrected chi connectivity index (χ1v) is 8.46. The lowest BCUT2D eigenvalue weighted by molar-refractivity contribution is 0.0255. The van der Waals surface area contributed by atoms with Crippen LogP contribution in [0.25, 0.3) is 0 Å². The van der Waals surface area contributed by atoms with Crippen LogP contribution in [0.15, 0.2) is 22.7 Å². The average Bonchev–Trinajstić information content (AvgIpc) is 2.94. The number of nitrogens with zero attached hydrogens (tertiary/aromatic N) is 1. The van der Waals surface area contributed by atoms with Crippen molar-refractivity contribution in [3.8, 4) is 0 Å². The molecule has 3 rings (SSSR count). The van der Waals surface area contributed by atoms with Gasteiger partial charge in [-0.2, -0.15) is 0 Å². The molecule has 110 valence electrons. The molecule has 1 aliphatic heterocycles. The van der Waals surface area contributed by atoms with Crippen molar-refractivity contribution in [2.45, 2.75) is 44.9 Å². The number of halogens is 1. The van der Waals surface area contributed by atoms with Gasteiger partial charge in [-0.25, -0.2) is 0 Å². The SMILES string of the molecule is CCNCc1ccc(Br)cc1N1CCOC2CCCC21. The van der Waals surface area contributed by atoms with Gasteiger partial charge in [0.05, 0.1) is 18.8 Å². The predicted octanol–water partition coefficient (Wildman–Crippen LogP) is 3.32. The number of fused-ring (bicyclic) bond motifs is 1. The van der Waals surface area contributed by atoms with E-state index < -0.39 is 0 Å². The molecule has 3 nitrogen and oxygen atoms in total. The molecule has 0 amide bonds. The summed E-state index contributed by atoms with van der Waals surface area (Å²) in [5, 5.41) is 3.45. The van der Waals surface area contributed by atoms with Crippen LogP contribution in [0.2, 0.25) is 0 Å². The zero-order valence-corrected chi connectivity index (χ0v) is 13.7. The monoisotopic (exact) mass is 338 g/mol. The molecule has 0 aromatic heterocycles. The summed E-state index contributed by atoms with van der Waals surface area (Å²) < 4.78 is 7.10. The number of anilines is 1. The average molecular weight is 339 g/mol. The maximum absolute atomic E-state index is 5.94. The molecule has 2 fully saturated rings. The van der Waals surface area contributed by atoms with E-state index in [2.05, 4.69) is 51.3 Å². The molecule has 2 aliphatic rings. The largest absolute Gasteiger partial charge is 0.374 e. The minimum atomic E-state index is 0.440. The van der Waals surface area contributed by atoms with Gasteiger partial charge in [-0.15, -0.1) is 0 Å². The van der Waals surface area contributed by atoms with Gasteiger partial charge in [0.2, 0.25) is 0 Å². The quantitative estimate of drug-likeness (QED) is 0.911. The third-order valence-corrected chi connectivity index (χ3v) is 4.90. The third kappa shape index (κ3) is 2.87. The standard InChI is InChI=1S/C16H23BrN2O/c1-2-18-11-12-6-7-13(17)10-15(12)19-8-9-20-16-5-3-4-14(16)19/h6-7,10,14,16,18H,2-5,8-9,11H2,1H3. The summed E-state index contributed by atoms with van der Waals surface area (Å²) in [5.41, 5.74) is 2.77. The Morgan fingerprint density at radius 1 is 1.40 bits per heavy atom. The summed E-state index contributed by atoms with van der Waals surface area (Å²) in [5.74, 6) is 0. The Balaban J connectivity index is 1.88. The molecular formula is C16H23BrN2O. The van der Waals surface area contributed by atoms with Gasteiger partial charge in [0.25, 0.3) is 0 Å². The molecule has 2 unspecified atom stereocenters. The first kappa shape index (κ1) is 14.4. The Morgan fingerprint density at radius 2 is 2.30 bits per heavy atom. The van der Waals surface area contributed by atoms with Crippen LogP contribution in [0, 0.1) is 0 Å². The van der Waals surface area contributed by atoms with Crippen LogP contribution in [-0.2, 0) is 11.3 Å². The molecule has 20 heavy (non-hydrogen) atoms. The molecule has 0 spiro atoms.